The summed E-state index contributed by atoms with van der Waals surface area (Å²) in [7, 11) is 0. The zero-order valence-electron chi connectivity index (χ0n) is 31.9. The fourth-order valence-corrected chi connectivity index (χ4v) is 5.87. The minimum absolute atomic E-state index is 0.0673. The Kier molecular flexibility index (Phi) is 33.1. The largest absolute Gasteiger partial charge is 0.462 e. The molecule has 0 heterocycles. The van der Waals surface area contributed by atoms with Crippen molar-refractivity contribution in [2.75, 3.05) is 13.2 Å². The summed E-state index contributed by atoms with van der Waals surface area (Å²) in [5.74, 6) is 0.724. The first-order valence-electron chi connectivity index (χ1n) is 20.2. The maximum atomic E-state index is 12.6. The van der Waals surface area contributed by atoms with Gasteiger partial charge in [0.25, 0.3) is 0 Å². The highest BCUT2D eigenvalue weighted by Gasteiger charge is 2.19. The second-order valence-electron chi connectivity index (χ2n) is 14.9. The Morgan fingerprint density at radius 1 is 0.404 bits per heavy atom. The molecule has 0 saturated heterocycles. The van der Waals surface area contributed by atoms with Crippen LogP contribution >= 0.6 is 0 Å². The molecular weight excluding hydrogens is 588 g/mol. The Bertz CT molecular complexity index is 719. The summed E-state index contributed by atoms with van der Waals surface area (Å²) >= 11 is 0. The van der Waals surface area contributed by atoms with E-state index in [4.69, 9.17) is 14.2 Å². The topological polar surface area (TPSA) is 78.9 Å². The van der Waals surface area contributed by atoms with Crippen molar-refractivity contribution in [1.82, 2.24) is 0 Å². The van der Waals surface area contributed by atoms with Crippen LogP contribution in [-0.4, -0.2) is 37.2 Å². The van der Waals surface area contributed by atoms with Crippen LogP contribution in [0.1, 0.15) is 214 Å². The SMILES string of the molecule is CCCCCCCC(=O)OC[C@@H](COC(=O)CCCCCCCCCCCCCC(C)C)OC(=O)CCCCCCCCCC(C)C. The summed E-state index contributed by atoms with van der Waals surface area (Å²) < 4.78 is 16.5. The number of rotatable bonds is 35. The molecule has 0 spiro atoms. The second kappa shape index (κ2) is 34.3. The Morgan fingerprint density at radius 3 is 1.04 bits per heavy atom. The molecule has 278 valence electrons. The lowest BCUT2D eigenvalue weighted by atomic mass is 10.0. The third kappa shape index (κ3) is 35.5. The van der Waals surface area contributed by atoms with Crippen LogP contribution in [0.4, 0.5) is 0 Å². The molecule has 0 N–H and O–H groups in total. The van der Waals surface area contributed by atoms with E-state index in [1.165, 1.54) is 96.3 Å². The average molecular weight is 667 g/mol. The quantitative estimate of drug-likeness (QED) is 0.0380. The summed E-state index contributed by atoms with van der Waals surface area (Å²) in [6.07, 6.45) is 29.8. The van der Waals surface area contributed by atoms with Gasteiger partial charge in [0.2, 0.25) is 0 Å². The fraction of sp³-hybridized carbons (Fsp3) is 0.927. The summed E-state index contributed by atoms with van der Waals surface area (Å²) in [5, 5.41) is 0. The first-order valence-corrected chi connectivity index (χ1v) is 20.2. The molecule has 47 heavy (non-hydrogen) atoms. The highest BCUT2D eigenvalue weighted by atomic mass is 16.6. The zero-order chi connectivity index (χ0) is 34.8. The maximum absolute atomic E-state index is 12.6. The molecule has 0 radical (unpaired) electrons. The first-order chi connectivity index (χ1) is 22.7. The lowest BCUT2D eigenvalue weighted by Crippen LogP contribution is -2.30. The highest BCUT2D eigenvalue weighted by Crippen LogP contribution is 2.16. The van der Waals surface area contributed by atoms with Crippen LogP contribution in [0.3, 0.4) is 0 Å². The Morgan fingerprint density at radius 2 is 0.702 bits per heavy atom. The highest BCUT2D eigenvalue weighted by molar-refractivity contribution is 5.71. The van der Waals surface area contributed by atoms with Crippen molar-refractivity contribution >= 4 is 17.9 Å². The van der Waals surface area contributed by atoms with Gasteiger partial charge in [-0.25, -0.2) is 0 Å². The molecule has 0 rings (SSSR count). The molecule has 0 amide bonds. The Balaban J connectivity index is 4.23. The number of hydrogen-bond donors (Lipinski definition) is 0. The maximum Gasteiger partial charge on any atom is 0.306 e. The molecule has 1 atom stereocenters. The van der Waals surface area contributed by atoms with E-state index in [1.807, 2.05) is 0 Å². The van der Waals surface area contributed by atoms with E-state index in [9.17, 15) is 14.4 Å². The van der Waals surface area contributed by atoms with E-state index in [1.54, 1.807) is 0 Å². The van der Waals surface area contributed by atoms with Crippen molar-refractivity contribution in [2.45, 2.75) is 221 Å². The van der Waals surface area contributed by atoms with Crippen LogP contribution in [0.15, 0.2) is 0 Å². The van der Waals surface area contributed by atoms with Crippen LogP contribution < -0.4 is 0 Å². The molecule has 0 fully saturated rings. The number of esters is 3. The smallest absolute Gasteiger partial charge is 0.306 e. The van der Waals surface area contributed by atoms with Gasteiger partial charge >= 0.3 is 17.9 Å². The monoisotopic (exact) mass is 667 g/mol. The predicted molar refractivity (Wildman–Crippen MR) is 196 cm³/mol. The molecule has 0 aliphatic heterocycles. The molecule has 6 heteroatoms. The summed E-state index contributed by atoms with van der Waals surface area (Å²) in [5.41, 5.74) is 0. The first kappa shape index (κ1) is 45.4. The summed E-state index contributed by atoms with van der Waals surface area (Å²) in [4.78, 5) is 37.3. The standard InChI is InChI=1S/C41H78O6/c1-6-7-8-19-26-31-39(42)45-34-38(47-41(44)33-28-23-18-14-16-21-25-30-37(4)5)35-46-40(43)32-27-22-17-13-11-9-10-12-15-20-24-29-36(2)3/h36-38H,6-35H2,1-5H3/t38-/m0/s1. The van der Waals surface area contributed by atoms with E-state index >= 15 is 0 Å². The van der Waals surface area contributed by atoms with Gasteiger partial charge in [0.15, 0.2) is 6.10 Å². The van der Waals surface area contributed by atoms with E-state index in [0.29, 0.717) is 19.3 Å². The molecule has 0 aliphatic carbocycles. The molecule has 0 aliphatic rings. The normalized spacial score (nSPS) is 12.1. The minimum Gasteiger partial charge on any atom is -0.462 e. The van der Waals surface area contributed by atoms with Gasteiger partial charge in [0.05, 0.1) is 0 Å². The van der Waals surface area contributed by atoms with E-state index in [-0.39, 0.29) is 31.1 Å². The predicted octanol–water partition coefficient (Wildman–Crippen LogP) is 12.2. The molecular formula is C41H78O6. The molecule has 6 nitrogen and oxygen atoms in total. The van der Waals surface area contributed by atoms with Gasteiger partial charge in [-0.15, -0.1) is 0 Å². The number of unbranched alkanes of at least 4 members (excludes halogenated alkanes) is 20. The molecule has 0 saturated carbocycles. The van der Waals surface area contributed by atoms with Gasteiger partial charge in [-0.1, -0.05) is 176 Å². The third-order valence-electron chi connectivity index (χ3n) is 8.97. The zero-order valence-corrected chi connectivity index (χ0v) is 31.9. The van der Waals surface area contributed by atoms with Gasteiger partial charge in [-0.3, -0.25) is 14.4 Å². The molecule has 0 aromatic rings. The van der Waals surface area contributed by atoms with Crippen molar-refractivity contribution in [3.8, 4) is 0 Å². The fourth-order valence-electron chi connectivity index (χ4n) is 5.87. The molecule has 0 unspecified atom stereocenters. The molecule has 0 aromatic carbocycles. The van der Waals surface area contributed by atoms with Gasteiger partial charge in [-0.2, -0.15) is 0 Å². The summed E-state index contributed by atoms with van der Waals surface area (Å²) in [6.45, 7) is 11.2. The van der Waals surface area contributed by atoms with E-state index in [2.05, 4.69) is 34.6 Å². The van der Waals surface area contributed by atoms with Crippen LogP contribution in [0, 0.1) is 11.8 Å². The number of ether oxygens (including phenoxy) is 3. The van der Waals surface area contributed by atoms with Gasteiger partial charge in [0.1, 0.15) is 13.2 Å². The lowest BCUT2D eigenvalue weighted by molar-refractivity contribution is -0.167. The van der Waals surface area contributed by atoms with E-state index in [0.717, 1.165) is 76.0 Å². The minimum atomic E-state index is -0.758. The van der Waals surface area contributed by atoms with Crippen LogP contribution in [0.2, 0.25) is 0 Å². The Labute approximate surface area is 291 Å². The van der Waals surface area contributed by atoms with Gasteiger partial charge < -0.3 is 14.2 Å². The Hall–Kier alpha value is -1.59. The van der Waals surface area contributed by atoms with Crippen LogP contribution in [-0.2, 0) is 28.6 Å². The van der Waals surface area contributed by atoms with Crippen molar-refractivity contribution in [2.24, 2.45) is 11.8 Å². The van der Waals surface area contributed by atoms with E-state index < -0.39 is 6.10 Å². The van der Waals surface area contributed by atoms with Crippen molar-refractivity contribution in [1.29, 1.82) is 0 Å². The molecule has 0 aromatic heterocycles. The number of carbonyl (C=O) groups excluding carboxylic acids is 3. The van der Waals surface area contributed by atoms with Gasteiger partial charge in [0, 0.05) is 19.3 Å². The van der Waals surface area contributed by atoms with Crippen molar-refractivity contribution in [3.63, 3.8) is 0 Å². The lowest BCUT2D eigenvalue weighted by Gasteiger charge is -2.18. The number of carbonyl (C=O) groups is 3. The van der Waals surface area contributed by atoms with Crippen LogP contribution in [0.25, 0.3) is 0 Å². The average Bonchev–Trinajstić information content (AvgIpc) is 3.03. The van der Waals surface area contributed by atoms with Gasteiger partial charge in [-0.05, 0) is 31.1 Å². The molecule has 0 bridgehead atoms. The van der Waals surface area contributed by atoms with Crippen LogP contribution in [0.5, 0.6) is 0 Å². The summed E-state index contributed by atoms with van der Waals surface area (Å²) in [6, 6.07) is 0. The number of hydrogen-bond acceptors (Lipinski definition) is 6. The second-order valence-corrected chi connectivity index (χ2v) is 14.9. The van der Waals surface area contributed by atoms with Crippen molar-refractivity contribution in [3.05, 3.63) is 0 Å². The third-order valence-corrected chi connectivity index (χ3v) is 8.97. The van der Waals surface area contributed by atoms with Crippen molar-refractivity contribution < 1.29 is 28.6 Å².